The fourth-order valence-corrected chi connectivity index (χ4v) is 2.60. The fraction of sp³-hybridized carbons (Fsp3) is 0.176. The number of carbonyl (C=O) groups excluding carboxylic acids is 1. The molecule has 0 spiro atoms. The highest BCUT2D eigenvalue weighted by molar-refractivity contribution is 6.13. The van der Waals surface area contributed by atoms with Crippen molar-refractivity contribution < 1.29 is 24.2 Å². The van der Waals surface area contributed by atoms with Crippen LogP contribution in [0.2, 0.25) is 0 Å². The topological polar surface area (TPSA) is 146 Å². The largest absolute Gasteiger partial charge is 0.506 e. The average molecular weight is 357 g/mol. The quantitative estimate of drug-likeness (QED) is 0.509. The Morgan fingerprint density at radius 3 is 2.85 bits per heavy atom. The first-order valence-electron chi connectivity index (χ1n) is 7.68. The summed E-state index contributed by atoms with van der Waals surface area (Å²) < 4.78 is 5.34. The van der Waals surface area contributed by atoms with Gasteiger partial charge in [-0.15, -0.1) is 0 Å². The van der Waals surface area contributed by atoms with Gasteiger partial charge in [0.2, 0.25) is 5.71 Å². The van der Waals surface area contributed by atoms with E-state index < -0.39 is 17.4 Å². The molecule has 2 heterocycles. The summed E-state index contributed by atoms with van der Waals surface area (Å²) in [7, 11) is 0. The molecular weight excluding hydrogens is 342 g/mol. The van der Waals surface area contributed by atoms with Crippen LogP contribution < -0.4 is 10.9 Å². The lowest BCUT2D eigenvalue weighted by molar-refractivity contribution is -0.136. The summed E-state index contributed by atoms with van der Waals surface area (Å²) in [5.41, 5.74) is 0.276. The Morgan fingerprint density at radius 2 is 2.12 bits per heavy atom. The van der Waals surface area contributed by atoms with Crippen LogP contribution in [0, 0.1) is 6.92 Å². The number of amides is 1. The molecule has 3 aromatic rings. The van der Waals surface area contributed by atoms with Gasteiger partial charge in [-0.2, -0.15) is 0 Å². The first-order chi connectivity index (χ1) is 12.4. The van der Waals surface area contributed by atoms with E-state index in [2.05, 4.69) is 15.3 Å². The number of carboxylic acid groups (broad SMARTS) is 1. The second-order valence-corrected chi connectivity index (χ2v) is 5.64. The van der Waals surface area contributed by atoms with Crippen LogP contribution in [0.3, 0.4) is 0 Å². The lowest BCUT2D eigenvalue weighted by Crippen LogP contribution is -2.16. The van der Waals surface area contributed by atoms with E-state index in [1.54, 1.807) is 6.07 Å². The first kappa shape index (κ1) is 17.2. The minimum Gasteiger partial charge on any atom is -0.506 e. The maximum atomic E-state index is 12.6. The van der Waals surface area contributed by atoms with Gasteiger partial charge in [-0.25, -0.2) is 4.98 Å². The summed E-state index contributed by atoms with van der Waals surface area (Å²) in [5.74, 6) is -1.57. The van der Waals surface area contributed by atoms with Gasteiger partial charge in [0.25, 0.3) is 11.5 Å². The smallest absolute Gasteiger partial charge is 0.303 e. The molecule has 1 amide bonds. The zero-order valence-corrected chi connectivity index (χ0v) is 13.7. The number of fused-ring (bicyclic) bond motifs is 1. The van der Waals surface area contributed by atoms with Gasteiger partial charge < -0.3 is 24.9 Å². The Bertz CT molecular complexity index is 1070. The zero-order valence-electron chi connectivity index (χ0n) is 13.7. The Hall–Kier alpha value is -3.62. The highest BCUT2D eigenvalue weighted by atomic mass is 16.4. The molecule has 4 N–H and O–H groups in total. The number of nitrogens with one attached hydrogen (secondary N) is 2. The molecule has 9 heteroatoms. The van der Waals surface area contributed by atoms with E-state index in [-0.39, 0.29) is 46.7 Å². The van der Waals surface area contributed by atoms with Crippen LogP contribution in [0.15, 0.2) is 33.7 Å². The number of furan rings is 1. The van der Waals surface area contributed by atoms with E-state index >= 15 is 0 Å². The maximum absolute atomic E-state index is 12.6. The van der Waals surface area contributed by atoms with E-state index in [0.717, 1.165) is 0 Å². The van der Waals surface area contributed by atoms with E-state index in [9.17, 15) is 19.5 Å². The molecule has 1 aromatic carbocycles. The van der Waals surface area contributed by atoms with Crippen molar-refractivity contribution in [2.45, 2.75) is 19.8 Å². The number of hydrogen-bond acceptors (Lipinski definition) is 6. The number of benzene rings is 1. The molecular formula is C17H15N3O6. The van der Waals surface area contributed by atoms with Gasteiger partial charge in [0.15, 0.2) is 0 Å². The summed E-state index contributed by atoms with van der Waals surface area (Å²) in [5, 5.41) is 21.3. The lowest BCUT2D eigenvalue weighted by atomic mass is 10.1. The number of aryl methyl sites for hydroxylation is 2. The van der Waals surface area contributed by atoms with Crippen LogP contribution in [0.5, 0.6) is 5.75 Å². The summed E-state index contributed by atoms with van der Waals surface area (Å²) in [4.78, 5) is 41.6. The highest BCUT2D eigenvalue weighted by Crippen LogP contribution is 2.27. The van der Waals surface area contributed by atoms with Crippen molar-refractivity contribution in [1.29, 1.82) is 0 Å². The molecule has 134 valence electrons. The van der Waals surface area contributed by atoms with Gasteiger partial charge in [-0.1, -0.05) is 6.07 Å². The highest BCUT2D eigenvalue weighted by Gasteiger charge is 2.22. The third-order valence-electron chi connectivity index (χ3n) is 3.83. The molecule has 0 bridgehead atoms. The number of carboxylic acids is 1. The van der Waals surface area contributed by atoms with Gasteiger partial charge >= 0.3 is 5.97 Å². The minimum absolute atomic E-state index is 0.0176. The van der Waals surface area contributed by atoms with Crippen molar-refractivity contribution in [2.75, 3.05) is 5.32 Å². The van der Waals surface area contributed by atoms with E-state index in [1.807, 2.05) is 0 Å². The van der Waals surface area contributed by atoms with Crippen molar-refractivity contribution >= 4 is 28.7 Å². The summed E-state index contributed by atoms with van der Waals surface area (Å²) in [6.07, 6.45) is 1.34. The van der Waals surface area contributed by atoms with E-state index in [0.29, 0.717) is 5.56 Å². The number of aromatic nitrogens is 2. The average Bonchev–Trinajstić information content (AvgIpc) is 2.93. The molecule has 0 radical (unpaired) electrons. The standard InChI is InChI=1S/C17H15N3O6/c1-8-13(14-15(24)18-7-19-17(14)26-8)16(25)20-10-6-9(2-4-11(10)21)3-5-12(22)23/h2,4,6-7,21H,3,5H2,1H3,(H,20,25)(H,22,23)(H,18,19,24). The molecule has 0 aliphatic heterocycles. The first-order valence-corrected chi connectivity index (χ1v) is 7.68. The number of phenols is 1. The van der Waals surface area contributed by atoms with Crippen LogP contribution in [0.1, 0.15) is 28.1 Å². The number of anilines is 1. The van der Waals surface area contributed by atoms with Gasteiger partial charge in [0, 0.05) is 6.42 Å². The predicted molar refractivity (Wildman–Crippen MR) is 91.4 cm³/mol. The van der Waals surface area contributed by atoms with Crippen LogP contribution in [0.25, 0.3) is 11.1 Å². The monoisotopic (exact) mass is 357 g/mol. The summed E-state index contributed by atoms with van der Waals surface area (Å²) in [6.45, 7) is 1.53. The minimum atomic E-state index is -0.948. The third-order valence-corrected chi connectivity index (χ3v) is 3.83. The number of carbonyl (C=O) groups is 2. The Kier molecular flexibility index (Phi) is 4.44. The zero-order chi connectivity index (χ0) is 18.8. The van der Waals surface area contributed by atoms with Crippen molar-refractivity contribution in [3.05, 3.63) is 51.8 Å². The number of hydrogen-bond donors (Lipinski definition) is 4. The summed E-state index contributed by atoms with van der Waals surface area (Å²) in [6, 6.07) is 4.42. The molecule has 0 fully saturated rings. The Morgan fingerprint density at radius 1 is 1.35 bits per heavy atom. The molecule has 0 aliphatic rings. The number of aliphatic carboxylic acids is 1. The summed E-state index contributed by atoms with van der Waals surface area (Å²) >= 11 is 0. The lowest BCUT2D eigenvalue weighted by Gasteiger charge is -2.09. The molecule has 0 aliphatic carbocycles. The number of aromatic hydroxyl groups is 1. The normalized spacial score (nSPS) is 10.8. The Balaban J connectivity index is 1.94. The molecule has 0 unspecified atom stereocenters. The van der Waals surface area contributed by atoms with Crippen LogP contribution >= 0.6 is 0 Å². The van der Waals surface area contributed by atoms with Gasteiger partial charge in [0.1, 0.15) is 16.9 Å². The van der Waals surface area contributed by atoms with Crippen molar-refractivity contribution in [3.63, 3.8) is 0 Å². The van der Waals surface area contributed by atoms with Crippen molar-refractivity contribution in [2.24, 2.45) is 0 Å². The van der Waals surface area contributed by atoms with Gasteiger partial charge in [0.05, 0.1) is 17.6 Å². The van der Waals surface area contributed by atoms with Gasteiger partial charge in [-0.3, -0.25) is 14.4 Å². The van der Waals surface area contributed by atoms with Crippen LogP contribution in [0.4, 0.5) is 5.69 Å². The van der Waals surface area contributed by atoms with Crippen molar-refractivity contribution in [3.8, 4) is 5.75 Å². The molecule has 9 nitrogen and oxygen atoms in total. The number of rotatable bonds is 5. The van der Waals surface area contributed by atoms with Crippen LogP contribution in [-0.4, -0.2) is 32.1 Å². The molecule has 3 rings (SSSR count). The Labute approximate surface area is 146 Å². The number of phenolic OH excluding ortho intramolecular Hbond substituents is 1. The number of H-pyrrole nitrogens is 1. The maximum Gasteiger partial charge on any atom is 0.303 e. The van der Waals surface area contributed by atoms with E-state index in [4.69, 9.17) is 9.52 Å². The number of aromatic amines is 1. The van der Waals surface area contributed by atoms with Gasteiger partial charge in [-0.05, 0) is 31.0 Å². The van der Waals surface area contributed by atoms with Crippen molar-refractivity contribution in [1.82, 2.24) is 9.97 Å². The second kappa shape index (κ2) is 6.71. The molecule has 2 aromatic heterocycles. The third kappa shape index (κ3) is 3.27. The SMILES string of the molecule is Cc1oc2nc[nH]c(=O)c2c1C(=O)Nc1cc(CCC(=O)O)ccc1O. The second-order valence-electron chi connectivity index (χ2n) is 5.64. The fourth-order valence-electron chi connectivity index (χ4n) is 2.60. The van der Waals surface area contributed by atoms with Crippen LogP contribution in [-0.2, 0) is 11.2 Å². The molecule has 0 atom stereocenters. The van der Waals surface area contributed by atoms with E-state index in [1.165, 1.54) is 25.4 Å². The number of nitrogens with zero attached hydrogens (tertiary/aromatic N) is 1. The molecule has 26 heavy (non-hydrogen) atoms. The molecule has 0 saturated carbocycles. The molecule has 0 saturated heterocycles. The predicted octanol–water partition coefficient (Wildman–Crippen LogP) is 1.80.